The molecule has 6 heteroatoms. The molecule has 1 aliphatic carbocycles. The minimum absolute atomic E-state index is 0. The Hall–Kier alpha value is -0.810. The van der Waals surface area contributed by atoms with E-state index in [-0.39, 0.29) is 36.3 Å². The highest BCUT2D eigenvalue weighted by Gasteiger charge is 2.32. The fraction of sp³-hybridized carbons (Fsp3) is 0.875. The summed E-state index contributed by atoms with van der Waals surface area (Å²) >= 11 is 0. The van der Waals surface area contributed by atoms with Crippen LogP contribution >= 0.6 is 12.4 Å². The SMILES string of the molecule is CC1CCCCC1NC(=O)C(C)N1CCCC(C(=O)O)C1.Cl. The second kappa shape index (κ2) is 8.73. The maximum Gasteiger partial charge on any atom is 0.307 e. The van der Waals surface area contributed by atoms with E-state index >= 15 is 0 Å². The molecule has 0 spiro atoms. The number of piperidine rings is 1. The minimum atomic E-state index is -0.742. The van der Waals surface area contributed by atoms with Gasteiger partial charge in [-0.1, -0.05) is 19.8 Å². The van der Waals surface area contributed by atoms with E-state index in [1.165, 1.54) is 19.3 Å². The summed E-state index contributed by atoms with van der Waals surface area (Å²) < 4.78 is 0. The molecule has 2 fully saturated rings. The van der Waals surface area contributed by atoms with Crippen LogP contribution < -0.4 is 5.32 Å². The third-order valence-electron chi connectivity index (χ3n) is 5.17. The molecule has 1 saturated heterocycles. The fourth-order valence-electron chi connectivity index (χ4n) is 3.56. The Bertz CT molecular complexity index is 392. The number of nitrogens with one attached hydrogen (secondary N) is 1. The molecule has 0 bridgehead atoms. The molecule has 22 heavy (non-hydrogen) atoms. The summed E-state index contributed by atoms with van der Waals surface area (Å²) in [5, 5.41) is 12.3. The van der Waals surface area contributed by atoms with Crippen molar-refractivity contribution in [1.82, 2.24) is 10.2 Å². The van der Waals surface area contributed by atoms with Crippen molar-refractivity contribution >= 4 is 24.3 Å². The maximum atomic E-state index is 12.4. The predicted molar refractivity (Wildman–Crippen MR) is 88.2 cm³/mol. The first-order valence-electron chi connectivity index (χ1n) is 8.26. The quantitative estimate of drug-likeness (QED) is 0.828. The van der Waals surface area contributed by atoms with Gasteiger partial charge >= 0.3 is 5.97 Å². The zero-order chi connectivity index (χ0) is 15.4. The van der Waals surface area contributed by atoms with Crippen molar-refractivity contribution in [2.24, 2.45) is 11.8 Å². The standard InChI is InChI=1S/C16H28N2O3.ClH/c1-11-6-3-4-8-14(11)17-15(19)12(2)18-9-5-7-13(10-18)16(20)21;/h11-14H,3-10H2,1-2H3,(H,17,19)(H,20,21);1H. The van der Waals surface area contributed by atoms with Crippen molar-refractivity contribution in [1.29, 1.82) is 0 Å². The van der Waals surface area contributed by atoms with Gasteiger partial charge in [0.25, 0.3) is 0 Å². The summed E-state index contributed by atoms with van der Waals surface area (Å²) in [4.78, 5) is 25.6. The second-order valence-corrected chi connectivity index (χ2v) is 6.73. The highest BCUT2D eigenvalue weighted by molar-refractivity contribution is 5.85. The molecule has 4 unspecified atom stereocenters. The van der Waals surface area contributed by atoms with Gasteiger partial charge in [0.05, 0.1) is 12.0 Å². The summed E-state index contributed by atoms with van der Waals surface area (Å²) in [5.74, 6) is -0.473. The monoisotopic (exact) mass is 332 g/mol. The van der Waals surface area contributed by atoms with E-state index in [2.05, 4.69) is 12.2 Å². The molecule has 0 radical (unpaired) electrons. The van der Waals surface area contributed by atoms with Gasteiger partial charge in [0, 0.05) is 12.6 Å². The Morgan fingerprint density at radius 3 is 2.50 bits per heavy atom. The van der Waals surface area contributed by atoms with Crippen LogP contribution in [0.4, 0.5) is 0 Å². The normalized spacial score (nSPS) is 30.9. The van der Waals surface area contributed by atoms with E-state index in [1.807, 2.05) is 11.8 Å². The van der Waals surface area contributed by atoms with E-state index in [0.29, 0.717) is 12.5 Å². The van der Waals surface area contributed by atoms with Crippen LogP contribution in [-0.4, -0.2) is 47.1 Å². The van der Waals surface area contributed by atoms with Crippen LogP contribution in [0.2, 0.25) is 0 Å². The van der Waals surface area contributed by atoms with Gasteiger partial charge in [-0.15, -0.1) is 12.4 Å². The first-order chi connectivity index (χ1) is 9.99. The van der Waals surface area contributed by atoms with Gasteiger partial charge in [0.1, 0.15) is 0 Å². The lowest BCUT2D eigenvalue weighted by molar-refractivity contribution is -0.145. The third kappa shape index (κ3) is 4.85. The number of carboxylic acid groups (broad SMARTS) is 1. The molecule has 1 heterocycles. The summed E-state index contributed by atoms with van der Waals surface area (Å²) in [7, 11) is 0. The van der Waals surface area contributed by atoms with Crippen LogP contribution in [0, 0.1) is 11.8 Å². The van der Waals surface area contributed by atoms with Crippen LogP contribution in [0.1, 0.15) is 52.4 Å². The molecular formula is C16H29ClN2O3. The van der Waals surface area contributed by atoms with Crippen molar-refractivity contribution in [2.45, 2.75) is 64.5 Å². The zero-order valence-corrected chi connectivity index (χ0v) is 14.4. The molecule has 0 aromatic carbocycles. The predicted octanol–water partition coefficient (Wildman–Crippen LogP) is 2.29. The average Bonchev–Trinajstić information content (AvgIpc) is 2.49. The van der Waals surface area contributed by atoms with E-state index in [0.717, 1.165) is 25.8 Å². The Labute approximate surface area is 139 Å². The van der Waals surface area contributed by atoms with Gasteiger partial charge < -0.3 is 10.4 Å². The zero-order valence-electron chi connectivity index (χ0n) is 13.6. The first kappa shape index (κ1) is 19.2. The number of carboxylic acids is 1. The smallest absolute Gasteiger partial charge is 0.307 e. The van der Waals surface area contributed by atoms with Gasteiger partial charge in [-0.25, -0.2) is 0 Å². The number of rotatable bonds is 4. The molecule has 1 aliphatic heterocycles. The molecule has 4 atom stereocenters. The van der Waals surface area contributed by atoms with Crippen molar-refractivity contribution in [3.8, 4) is 0 Å². The summed E-state index contributed by atoms with van der Waals surface area (Å²) in [6.45, 7) is 5.41. The first-order valence-corrected chi connectivity index (χ1v) is 8.26. The molecule has 5 nitrogen and oxygen atoms in total. The van der Waals surface area contributed by atoms with Gasteiger partial charge in [-0.05, 0) is 45.1 Å². The van der Waals surface area contributed by atoms with Gasteiger partial charge in [0.15, 0.2) is 0 Å². The number of carbonyl (C=O) groups is 2. The molecule has 128 valence electrons. The Kier molecular flexibility index (Phi) is 7.63. The minimum Gasteiger partial charge on any atom is -0.481 e. The van der Waals surface area contributed by atoms with Crippen LogP contribution in [0.25, 0.3) is 0 Å². The largest absolute Gasteiger partial charge is 0.481 e. The number of nitrogens with zero attached hydrogens (tertiary/aromatic N) is 1. The van der Waals surface area contributed by atoms with Crippen LogP contribution in [-0.2, 0) is 9.59 Å². The number of aliphatic carboxylic acids is 1. The van der Waals surface area contributed by atoms with Gasteiger partial charge in [-0.3, -0.25) is 14.5 Å². The van der Waals surface area contributed by atoms with E-state index in [1.54, 1.807) is 0 Å². The average molecular weight is 333 g/mol. The molecule has 0 aromatic heterocycles. The molecule has 2 rings (SSSR count). The van der Waals surface area contributed by atoms with Crippen LogP contribution in [0.5, 0.6) is 0 Å². The molecule has 1 amide bonds. The number of amides is 1. The highest BCUT2D eigenvalue weighted by Crippen LogP contribution is 2.24. The Morgan fingerprint density at radius 2 is 1.86 bits per heavy atom. The van der Waals surface area contributed by atoms with E-state index < -0.39 is 5.97 Å². The van der Waals surface area contributed by atoms with Crippen LogP contribution in [0.3, 0.4) is 0 Å². The topological polar surface area (TPSA) is 69.6 Å². The molecule has 1 saturated carbocycles. The van der Waals surface area contributed by atoms with Crippen molar-refractivity contribution in [2.75, 3.05) is 13.1 Å². The molecular weight excluding hydrogens is 304 g/mol. The Balaban J connectivity index is 0.00000242. The van der Waals surface area contributed by atoms with Gasteiger partial charge in [0.2, 0.25) is 5.91 Å². The lowest BCUT2D eigenvalue weighted by Gasteiger charge is -2.36. The number of carbonyl (C=O) groups excluding carboxylic acids is 1. The van der Waals surface area contributed by atoms with Crippen molar-refractivity contribution in [3.05, 3.63) is 0 Å². The third-order valence-corrected chi connectivity index (χ3v) is 5.17. The number of hydrogen-bond donors (Lipinski definition) is 2. The highest BCUT2D eigenvalue weighted by atomic mass is 35.5. The van der Waals surface area contributed by atoms with Crippen molar-refractivity contribution in [3.63, 3.8) is 0 Å². The van der Waals surface area contributed by atoms with Crippen LogP contribution in [0.15, 0.2) is 0 Å². The summed E-state index contributed by atoms with van der Waals surface area (Å²) in [5.41, 5.74) is 0. The number of likely N-dealkylation sites (tertiary alicyclic amines) is 1. The molecule has 0 aromatic rings. The lowest BCUT2D eigenvalue weighted by Crippen LogP contribution is -2.53. The van der Waals surface area contributed by atoms with E-state index in [9.17, 15) is 9.59 Å². The summed E-state index contributed by atoms with van der Waals surface area (Å²) in [6.07, 6.45) is 6.28. The van der Waals surface area contributed by atoms with E-state index in [4.69, 9.17) is 5.11 Å². The molecule has 2 N–H and O–H groups in total. The second-order valence-electron chi connectivity index (χ2n) is 6.73. The molecule has 2 aliphatic rings. The fourth-order valence-corrected chi connectivity index (χ4v) is 3.56. The lowest BCUT2D eigenvalue weighted by atomic mass is 9.86. The Morgan fingerprint density at radius 1 is 1.18 bits per heavy atom. The summed E-state index contributed by atoms with van der Waals surface area (Å²) in [6, 6.07) is 0.0510. The number of hydrogen-bond acceptors (Lipinski definition) is 3. The van der Waals surface area contributed by atoms with Gasteiger partial charge in [-0.2, -0.15) is 0 Å². The maximum absolute atomic E-state index is 12.4. The number of halogens is 1. The van der Waals surface area contributed by atoms with Crippen molar-refractivity contribution < 1.29 is 14.7 Å².